The Morgan fingerprint density at radius 1 is 1.31 bits per heavy atom. The smallest absolute Gasteiger partial charge is 0.230 e. The normalized spacial score (nSPS) is 20.7. The van der Waals surface area contributed by atoms with E-state index in [1.807, 2.05) is 29.6 Å². The van der Waals surface area contributed by atoms with Crippen molar-refractivity contribution in [2.24, 2.45) is 11.8 Å². The predicted octanol–water partition coefficient (Wildman–Crippen LogP) is 3.81. The molecule has 0 radical (unpaired) electrons. The maximum absolute atomic E-state index is 12.3. The third-order valence-electron chi connectivity index (χ3n) is 4.67. The fraction of sp³-hybridized carbons (Fsp3) is 0.500. The van der Waals surface area contributed by atoms with Gasteiger partial charge in [0.2, 0.25) is 5.91 Å². The van der Waals surface area contributed by atoms with Crippen LogP contribution in [-0.4, -0.2) is 36.0 Å². The molecule has 3 rings (SSSR count). The first kappa shape index (κ1) is 18.9. The summed E-state index contributed by atoms with van der Waals surface area (Å²) in [6.07, 6.45) is 1.58. The molecular formula is C20H27N3O2S. The monoisotopic (exact) mass is 373 g/mol. The summed E-state index contributed by atoms with van der Waals surface area (Å²) in [6.45, 7) is 7.72. The first-order valence-corrected chi connectivity index (χ1v) is 10.00. The summed E-state index contributed by atoms with van der Waals surface area (Å²) in [5.74, 6) is 2.13. The molecular weight excluding hydrogens is 346 g/mol. The molecule has 26 heavy (non-hydrogen) atoms. The number of amides is 1. The Kier molecular flexibility index (Phi) is 6.27. The number of nitrogens with one attached hydrogen (secondary N) is 1. The topological polar surface area (TPSA) is 54.5 Å². The van der Waals surface area contributed by atoms with Crippen molar-refractivity contribution >= 4 is 22.4 Å². The molecule has 1 aliphatic heterocycles. The summed E-state index contributed by atoms with van der Waals surface area (Å²) in [5.41, 5.74) is 1.91. The summed E-state index contributed by atoms with van der Waals surface area (Å²) in [6, 6.07) is 7.58. The molecule has 1 aliphatic rings. The number of para-hydroxylation sites is 1. The number of hydrogen-bond donors (Lipinski definition) is 1. The molecule has 2 aromatic rings. The molecule has 2 heterocycles. The van der Waals surface area contributed by atoms with Crippen LogP contribution in [0.1, 0.15) is 31.5 Å². The number of rotatable bonds is 6. The van der Waals surface area contributed by atoms with E-state index in [1.54, 1.807) is 7.11 Å². The van der Waals surface area contributed by atoms with Gasteiger partial charge >= 0.3 is 0 Å². The summed E-state index contributed by atoms with van der Waals surface area (Å²) >= 11 is 1.49. The molecule has 2 unspecified atom stereocenters. The van der Waals surface area contributed by atoms with Crippen molar-refractivity contribution in [3.8, 4) is 5.75 Å². The summed E-state index contributed by atoms with van der Waals surface area (Å²) in [5, 5.41) is 5.62. The number of carbonyl (C=O) groups is 1. The highest BCUT2D eigenvalue weighted by Gasteiger charge is 2.22. The van der Waals surface area contributed by atoms with Gasteiger partial charge in [-0.3, -0.25) is 9.69 Å². The zero-order valence-electron chi connectivity index (χ0n) is 15.7. The van der Waals surface area contributed by atoms with Gasteiger partial charge in [0.1, 0.15) is 5.75 Å². The van der Waals surface area contributed by atoms with E-state index in [4.69, 9.17) is 4.74 Å². The lowest BCUT2D eigenvalue weighted by atomic mass is 9.92. The van der Waals surface area contributed by atoms with Crippen LogP contribution in [0.4, 0.5) is 5.13 Å². The van der Waals surface area contributed by atoms with Crippen molar-refractivity contribution in [1.29, 1.82) is 0 Å². The molecule has 6 heteroatoms. The van der Waals surface area contributed by atoms with E-state index >= 15 is 0 Å². The van der Waals surface area contributed by atoms with Gasteiger partial charge in [-0.1, -0.05) is 32.0 Å². The molecule has 1 aromatic carbocycles. The summed E-state index contributed by atoms with van der Waals surface area (Å²) < 4.78 is 5.30. The van der Waals surface area contributed by atoms with Gasteiger partial charge in [0.25, 0.3) is 0 Å². The Morgan fingerprint density at radius 2 is 2.04 bits per heavy atom. The summed E-state index contributed by atoms with van der Waals surface area (Å²) in [4.78, 5) is 19.4. The first-order chi connectivity index (χ1) is 12.5. The SMILES string of the molecule is COc1ccccc1CC(=O)Nc1nc(CN2CC(C)CC(C)C2)cs1. The molecule has 1 amide bonds. The Labute approximate surface area is 159 Å². The van der Waals surface area contributed by atoms with Crippen LogP contribution in [0.25, 0.3) is 0 Å². The molecule has 5 nitrogen and oxygen atoms in total. The third-order valence-corrected chi connectivity index (χ3v) is 5.48. The van der Waals surface area contributed by atoms with Crippen LogP contribution in [0, 0.1) is 11.8 Å². The van der Waals surface area contributed by atoms with Gasteiger partial charge in [-0.15, -0.1) is 11.3 Å². The quantitative estimate of drug-likeness (QED) is 0.836. The number of piperidine rings is 1. The second-order valence-electron chi connectivity index (χ2n) is 7.32. The Hall–Kier alpha value is -1.92. The van der Waals surface area contributed by atoms with E-state index in [-0.39, 0.29) is 12.3 Å². The average molecular weight is 374 g/mol. The lowest BCUT2D eigenvalue weighted by Crippen LogP contribution is -2.38. The van der Waals surface area contributed by atoms with Crippen molar-refractivity contribution in [3.63, 3.8) is 0 Å². The largest absolute Gasteiger partial charge is 0.496 e. The molecule has 0 saturated carbocycles. The number of likely N-dealkylation sites (tertiary alicyclic amines) is 1. The van der Waals surface area contributed by atoms with E-state index in [9.17, 15) is 4.79 Å². The van der Waals surface area contributed by atoms with Crippen molar-refractivity contribution in [2.75, 3.05) is 25.5 Å². The molecule has 1 saturated heterocycles. The number of anilines is 1. The molecule has 1 aromatic heterocycles. The Balaban J connectivity index is 1.55. The van der Waals surface area contributed by atoms with E-state index in [2.05, 4.69) is 29.0 Å². The number of benzene rings is 1. The van der Waals surface area contributed by atoms with Crippen molar-refractivity contribution in [3.05, 3.63) is 40.9 Å². The third kappa shape index (κ3) is 5.05. The molecule has 1 fully saturated rings. The lowest BCUT2D eigenvalue weighted by molar-refractivity contribution is -0.115. The van der Waals surface area contributed by atoms with E-state index in [0.29, 0.717) is 5.13 Å². The van der Waals surface area contributed by atoms with Crippen LogP contribution < -0.4 is 10.1 Å². The average Bonchev–Trinajstić information content (AvgIpc) is 3.01. The number of ether oxygens (including phenoxy) is 1. The minimum atomic E-state index is -0.0735. The fourth-order valence-corrected chi connectivity index (χ4v) is 4.49. The number of aromatic nitrogens is 1. The highest BCUT2D eigenvalue weighted by molar-refractivity contribution is 7.13. The van der Waals surface area contributed by atoms with Crippen LogP contribution in [0.5, 0.6) is 5.75 Å². The van der Waals surface area contributed by atoms with Crippen molar-refractivity contribution < 1.29 is 9.53 Å². The van der Waals surface area contributed by atoms with Crippen LogP contribution in [0.2, 0.25) is 0 Å². The maximum Gasteiger partial charge on any atom is 0.230 e. The minimum absolute atomic E-state index is 0.0735. The van der Waals surface area contributed by atoms with Gasteiger partial charge in [-0.05, 0) is 24.3 Å². The van der Waals surface area contributed by atoms with Crippen LogP contribution in [0.15, 0.2) is 29.6 Å². The predicted molar refractivity (Wildman–Crippen MR) is 106 cm³/mol. The summed E-state index contributed by atoms with van der Waals surface area (Å²) in [7, 11) is 1.62. The van der Waals surface area contributed by atoms with Gasteiger partial charge < -0.3 is 10.1 Å². The van der Waals surface area contributed by atoms with Gasteiger partial charge in [0, 0.05) is 30.6 Å². The van der Waals surface area contributed by atoms with Gasteiger partial charge in [-0.25, -0.2) is 4.98 Å². The van der Waals surface area contributed by atoms with Crippen LogP contribution in [-0.2, 0) is 17.8 Å². The first-order valence-electron chi connectivity index (χ1n) is 9.12. The highest BCUT2D eigenvalue weighted by Crippen LogP contribution is 2.24. The van der Waals surface area contributed by atoms with Crippen LogP contribution in [0.3, 0.4) is 0 Å². The molecule has 0 spiro atoms. The zero-order chi connectivity index (χ0) is 18.5. The van der Waals surface area contributed by atoms with Gasteiger partial charge in [0.05, 0.1) is 19.2 Å². The lowest BCUT2D eigenvalue weighted by Gasteiger charge is -2.34. The van der Waals surface area contributed by atoms with Crippen molar-refractivity contribution in [1.82, 2.24) is 9.88 Å². The number of nitrogens with zero attached hydrogens (tertiary/aromatic N) is 2. The Bertz CT molecular complexity index is 736. The molecule has 0 bridgehead atoms. The highest BCUT2D eigenvalue weighted by atomic mass is 32.1. The number of methoxy groups -OCH3 is 1. The van der Waals surface area contributed by atoms with Crippen molar-refractivity contribution in [2.45, 2.75) is 33.2 Å². The molecule has 2 atom stereocenters. The van der Waals surface area contributed by atoms with Crippen LogP contribution >= 0.6 is 11.3 Å². The van der Waals surface area contributed by atoms with Gasteiger partial charge in [0.15, 0.2) is 5.13 Å². The molecule has 0 aliphatic carbocycles. The number of carbonyl (C=O) groups excluding carboxylic acids is 1. The van der Waals surface area contributed by atoms with E-state index in [1.165, 1.54) is 17.8 Å². The zero-order valence-corrected chi connectivity index (χ0v) is 16.5. The van der Waals surface area contributed by atoms with Gasteiger partial charge in [-0.2, -0.15) is 0 Å². The Morgan fingerprint density at radius 3 is 2.77 bits per heavy atom. The van der Waals surface area contributed by atoms with E-state index < -0.39 is 0 Å². The number of hydrogen-bond acceptors (Lipinski definition) is 5. The standard InChI is InChI=1S/C20H27N3O2S/c1-14-8-15(2)11-23(10-14)12-17-13-26-20(21-17)22-19(24)9-16-6-4-5-7-18(16)25-3/h4-7,13-15H,8-12H2,1-3H3,(H,21,22,24). The molecule has 1 N–H and O–H groups in total. The second-order valence-corrected chi connectivity index (χ2v) is 8.18. The number of thiazole rings is 1. The van der Waals surface area contributed by atoms with E-state index in [0.717, 1.165) is 48.5 Å². The minimum Gasteiger partial charge on any atom is -0.496 e. The second kappa shape index (κ2) is 8.64. The molecule has 140 valence electrons. The fourth-order valence-electron chi connectivity index (χ4n) is 3.77. The maximum atomic E-state index is 12.3.